The van der Waals surface area contributed by atoms with Gasteiger partial charge < -0.3 is 4.74 Å². The molecule has 0 saturated heterocycles. The second-order valence-electron chi connectivity index (χ2n) is 9.45. The monoisotopic (exact) mass is 595 g/mol. The van der Waals surface area contributed by atoms with Crippen molar-refractivity contribution in [2.75, 3.05) is 17.5 Å². The number of esters is 1. The Morgan fingerprint density at radius 1 is 1.12 bits per heavy atom. The lowest BCUT2D eigenvalue weighted by molar-refractivity contribution is -0.144. The number of rotatable bonds is 7. The second-order valence-corrected chi connectivity index (χ2v) is 11.7. The molecule has 0 spiro atoms. The van der Waals surface area contributed by atoms with Crippen LogP contribution in [-0.4, -0.2) is 27.5 Å². The normalized spacial score (nSPS) is 16.0. The van der Waals surface area contributed by atoms with E-state index < -0.39 is 44.4 Å². The zero-order chi connectivity index (χ0) is 29.2. The number of halogens is 5. The summed E-state index contributed by atoms with van der Waals surface area (Å²) in [6, 6.07) is 12.8. The molecule has 0 radical (unpaired) electrons. The van der Waals surface area contributed by atoms with Gasteiger partial charge in [0.2, 0.25) is 0 Å². The molecule has 11 heteroatoms. The number of sulfonamides is 1. The van der Waals surface area contributed by atoms with Gasteiger partial charge in [-0.05, 0) is 85.4 Å². The van der Waals surface area contributed by atoms with Gasteiger partial charge in [0, 0.05) is 12.1 Å². The minimum atomic E-state index is -4.72. The van der Waals surface area contributed by atoms with Gasteiger partial charge in [0.25, 0.3) is 10.0 Å². The van der Waals surface area contributed by atoms with Crippen molar-refractivity contribution in [2.24, 2.45) is 5.92 Å². The number of carbonyl (C=O) groups is 1. The maximum Gasteiger partial charge on any atom is 0.416 e. The molecule has 1 unspecified atom stereocenters. The highest BCUT2D eigenvalue weighted by Crippen LogP contribution is 2.38. The third-order valence-electron chi connectivity index (χ3n) is 6.56. The summed E-state index contributed by atoms with van der Waals surface area (Å²) in [6.07, 6.45) is -2.78. The molecular formula is C29H26ClF4NO4S. The molecular weight excluding hydrogens is 570 g/mol. The van der Waals surface area contributed by atoms with Crippen LogP contribution in [0.5, 0.6) is 0 Å². The predicted octanol–water partition coefficient (Wildman–Crippen LogP) is 7.38. The first-order valence-electron chi connectivity index (χ1n) is 12.4. The topological polar surface area (TPSA) is 63.7 Å². The van der Waals surface area contributed by atoms with Crippen LogP contribution in [0.15, 0.2) is 65.6 Å². The lowest BCUT2D eigenvalue weighted by Crippen LogP contribution is -2.40. The van der Waals surface area contributed by atoms with Gasteiger partial charge in [-0.1, -0.05) is 35.9 Å². The molecule has 1 heterocycles. The van der Waals surface area contributed by atoms with Gasteiger partial charge >= 0.3 is 12.1 Å². The summed E-state index contributed by atoms with van der Waals surface area (Å²) < 4.78 is 87.9. The number of anilines is 1. The summed E-state index contributed by atoms with van der Waals surface area (Å²) in [4.78, 5) is 11.8. The average molecular weight is 596 g/mol. The summed E-state index contributed by atoms with van der Waals surface area (Å²) in [6.45, 7) is 3.38. The number of fused-ring (bicyclic) bond motifs is 1. The lowest BCUT2D eigenvalue weighted by atomic mass is 9.90. The van der Waals surface area contributed by atoms with E-state index in [1.807, 2.05) is 0 Å². The molecule has 1 atom stereocenters. The minimum absolute atomic E-state index is 0.0776. The van der Waals surface area contributed by atoms with Crippen molar-refractivity contribution < 1.29 is 35.5 Å². The van der Waals surface area contributed by atoms with Crippen LogP contribution in [-0.2, 0) is 32.2 Å². The summed E-state index contributed by atoms with van der Waals surface area (Å²) >= 11 is 6.20. The first-order chi connectivity index (χ1) is 18.8. The van der Waals surface area contributed by atoms with Crippen LogP contribution in [0.25, 0.3) is 11.6 Å². The molecule has 0 saturated carbocycles. The molecule has 3 aromatic rings. The summed E-state index contributed by atoms with van der Waals surface area (Å²) in [7, 11) is -4.43. The van der Waals surface area contributed by atoms with Gasteiger partial charge in [0.05, 0.1) is 34.2 Å². The molecule has 0 aromatic heterocycles. The predicted molar refractivity (Wildman–Crippen MR) is 146 cm³/mol. The van der Waals surface area contributed by atoms with Crippen LogP contribution in [0, 0.1) is 11.7 Å². The molecule has 1 aliphatic rings. The van der Waals surface area contributed by atoms with Crippen molar-refractivity contribution in [3.8, 4) is 0 Å². The highest BCUT2D eigenvalue weighted by Gasteiger charge is 2.37. The SMILES string of the molecule is CCOC(=O)CC1Cc2cc(C=C(C)c3c(F)cccc3Cl)ccc2N(S(=O)(=O)c2cccc(C(F)(F)F)c2)C1. The van der Waals surface area contributed by atoms with E-state index in [-0.39, 0.29) is 35.8 Å². The van der Waals surface area contributed by atoms with Crippen molar-refractivity contribution in [3.05, 3.63) is 93.8 Å². The van der Waals surface area contributed by atoms with Gasteiger partial charge in [-0.25, -0.2) is 12.8 Å². The highest BCUT2D eigenvalue weighted by molar-refractivity contribution is 7.92. The number of hydrogen-bond donors (Lipinski definition) is 0. The average Bonchev–Trinajstić information content (AvgIpc) is 2.87. The Labute approximate surface area is 235 Å². The molecule has 212 valence electrons. The molecule has 0 bridgehead atoms. The smallest absolute Gasteiger partial charge is 0.416 e. The van der Waals surface area contributed by atoms with E-state index >= 15 is 0 Å². The summed E-state index contributed by atoms with van der Waals surface area (Å²) in [5, 5.41) is 0.236. The van der Waals surface area contributed by atoms with Crippen LogP contribution in [0.2, 0.25) is 5.02 Å². The third-order valence-corrected chi connectivity index (χ3v) is 8.65. The van der Waals surface area contributed by atoms with Crippen LogP contribution >= 0.6 is 11.6 Å². The number of alkyl halides is 3. The van der Waals surface area contributed by atoms with Crippen molar-refractivity contribution in [1.82, 2.24) is 0 Å². The second kappa shape index (κ2) is 11.6. The van der Waals surface area contributed by atoms with Crippen LogP contribution in [0.3, 0.4) is 0 Å². The van der Waals surface area contributed by atoms with Crippen molar-refractivity contribution >= 4 is 44.9 Å². The Hall–Kier alpha value is -3.37. The van der Waals surface area contributed by atoms with Gasteiger partial charge in [0.1, 0.15) is 5.82 Å². The summed E-state index contributed by atoms with van der Waals surface area (Å²) in [5.41, 5.74) is 1.17. The maximum atomic E-state index is 14.4. The zero-order valence-electron chi connectivity index (χ0n) is 21.6. The molecule has 0 fully saturated rings. The first kappa shape index (κ1) is 29.6. The largest absolute Gasteiger partial charge is 0.466 e. The van der Waals surface area contributed by atoms with E-state index in [0.717, 1.165) is 22.5 Å². The fourth-order valence-corrected chi connectivity index (χ4v) is 6.72. The van der Waals surface area contributed by atoms with E-state index in [9.17, 15) is 30.8 Å². The molecule has 1 aliphatic heterocycles. The fourth-order valence-electron chi connectivity index (χ4n) is 4.79. The van der Waals surface area contributed by atoms with Gasteiger partial charge in [0.15, 0.2) is 0 Å². The molecule has 0 amide bonds. The molecule has 3 aromatic carbocycles. The minimum Gasteiger partial charge on any atom is -0.466 e. The van der Waals surface area contributed by atoms with Gasteiger partial charge in [-0.2, -0.15) is 13.2 Å². The first-order valence-corrected chi connectivity index (χ1v) is 14.2. The Kier molecular flexibility index (Phi) is 8.60. The van der Waals surface area contributed by atoms with Crippen LogP contribution < -0.4 is 4.31 Å². The molecule has 5 nitrogen and oxygen atoms in total. The molecule has 0 aliphatic carbocycles. The van der Waals surface area contributed by atoms with Crippen LogP contribution in [0.1, 0.15) is 42.5 Å². The number of allylic oxidation sites excluding steroid dienone is 1. The fraction of sp³-hybridized carbons (Fsp3) is 0.276. The van der Waals surface area contributed by atoms with Gasteiger partial charge in [-0.15, -0.1) is 0 Å². The highest BCUT2D eigenvalue weighted by atomic mass is 35.5. The van der Waals surface area contributed by atoms with Gasteiger partial charge in [-0.3, -0.25) is 9.10 Å². The Morgan fingerprint density at radius 3 is 2.52 bits per heavy atom. The number of benzene rings is 3. The molecule has 0 N–H and O–H groups in total. The van der Waals surface area contributed by atoms with E-state index in [1.54, 1.807) is 44.2 Å². The van der Waals surface area contributed by atoms with E-state index in [4.69, 9.17) is 16.3 Å². The Balaban J connectivity index is 1.78. The van der Waals surface area contributed by atoms with Crippen LogP contribution in [0.4, 0.5) is 23.2 Å². The van der Waals surface area contributed by atoms with Crippen molar-refractivity contribution in [1.29, 1.82) is 0 Å². The third kappa shape index (κ3) is 6.33. The van der Waals surface area contributed by atoms with Crippen molar-refractivity contribution in [3.63, 3.8) is 0 Å². The Bertz CT molecular complexity index is 1550. The zero-order valence-corrected chi connectivity index (χ0v) is 23.2. The van der Waals surface area contributed by atoms with E-state index in [0.29, 0.717) is 29.2 Å². The number of hydrogen-bond acceptors (Lipinski definition) is 4. The quantitative estimate of drug-likeness (QED) is 0.162. The lowest BCUT2D eigenvalue weighted by Gasteiger charge is -2.35. The maximum absolute atomic E-state index is 14.4. The van der Waals surface area contributed by atoms with E-state index in [2.05, 4.69) is 0 Å². The Morgan fingerprint density at radius 2 is 1.85 bits per heavy atom. The van der Waals surface area contributed by atoms with Crippen molar-refractivity contribution in [2.45, 2.75) is 37.8 Å². The van der Waals surface area contributed by atoms with E-state index in [1.165, 1.54) is 12.1 Å². The molecule has 40 heavy (non-hydrogen) atoms. The molecule has 4 rings (SSSR count). The standard InChI is InChI=1S/C29H26ClF4NO4S/c1-3-39-27(36)15-20-14-21-13-19(12-18(2)28-24(30)8-5-9-25(28)31)10-11-26(21)35(17-20)40(37,38)23-7-4-6-22(16-23)29(32,33)34/h4-13,16,20H,3,14-15,17H2,1-2H3. The number of carbonyl (C=O) groups excluding carboxylic acids is 1. The number of ether oxygens (including phenoxy) is 1. The number of nitrogens with zero attached hydrogens (tertiary/aromatic N) is 1. The summed E-state index contributed by atoms with van der Waals surface area (Å²) in [5.74, 6) is -1.49.